The number of methoxy groups -OCH3 is 1. The van der Waals surface area contributed by atoms with Gasteiger partial charge in [0.2, 0.25) is 5.88 Å². The van der Waals surface area contributed by atoms with Crippen molar-refractivity contribution in [3.8, 4) is 5.88 Å². The smallest absolute Gasteiger partial charge is 0.252 e. The van der Waals surface area contributed by atoms with Gasteiger partial charge in [0.25, 0.3) is 5.91 Å². The normalized spacial score (nSPS) is 15.9. The van der Waals surface area contributed by atoms with Gasteiger partial charge in [0.05, 0.1) is 12.6 Å². The number of rotatable bonds is 4. The van der Waals surface area contributed by atoms with E-state index in [2.05, 4.69) is 10.3 Å². The predicted octanol–water partition coefficient (Wildman–Crippen LogP) is 2.80. The van der Waals surface area contributed by atoms with Gasteiger partial charge in [-0.2, -0.15) is 0 Å². The van der Waals surface area contributed by atoms with Crippen molar-refractivity contribution in [3.63, 3.8) is 0 Å². The van der Waals surface area contributed by atoms with Crippen molar-refractivity contribution in [1.29, 1.82) is 0 Å². The monoisotopic (exact) mass is 294 g/mol. The SMILES string of the molecule is COc1ccc(C(C)(C)NC(=O)C2=C3C=CC=C3C=C2)cn1. The summed E-state index contributed by atoms with van der Waals surface area (Å²) in [5.41, 5.74) is 3.18. The third-order valence-electron chi connectivity index (χ3n) is 3.91. The summed E-state index contributed by atoms with van der Waals surface area (Å²) in [5.74, 6) is 0.474. The average molecular weight is 294 g/mol. The highest BCUT2D eigenvalue weighted by Crippen LogP contribution is 2.31. The van der Waals surface area contributed by atoms with E-state index in [-0.39, 0.29) is 5.91 Å². The zero-order valence-corrected chi connectivity index (χ0v) is 12.9. The minimum atomic E-state index is -0.521. The molecule has 0 saturated heterocycles. The van der Waals surface area contributed by atoms with Crippen LogP contribution in [0.15, 0.2) is 65.4 Å². The maximum absolute atomic E-state index is 12.6. The molecule has 0 spiro atoms. The van der Waals surface area contributed by atoms with E-state index in [0.717, 1.165) is 16.7 Å². The van der Waals surface area contributed by atoms with Crippen LogP contribution >= 0.6 is 0 Å². The van der Waals surface area contributed by atoms with Crippen molar-refractivity contribution in [3.05, 3.63) is 71.0 Å². The van der Waals surface area contributed by atoms with Gasteiger partial charge in [0.15, 0.2) is 0 Å². The number of allylic oxidation sites excluding steroid dienone is 6. The fourth-order valence-corrected chi connectivity index (χ4v) is 2.58. The van der Waals surface area contributed by atoms with Crippen molar-refractivity contribution < 1.29 is 9.53 Å². The number of amides is 1. The van der Waals surface area contributed by atoms with Crippen LogP contribution in [0, 0.1) is 0 Å². The summed E-state index contributed by atoms with van der Waals surface area (Å²) in [4.78, 5) is 16.8. The lowest BCUT2D eigenvalue weighted by molar-refractivity contribution is -0.118. The van der Waals surface area contributed by atoms with Gasteiger partial charge < -0.3 is 10.1 Å². The zero-order valence-electron chi connectivity index (χ0n) is 12.9. The van der Waals surface area contributed by atoms with Crippen molar-refractivity contribution in [2.75, 3.05) is 7.11 Å². The molecular formula is C18H18N2O2. The van der Waals surface area contributed by atoms with Gasteiger partial charge in [-0.1, -0.05) is 24.3 Å². The molecule has 0 aliphatic heterocycles. The molecule has 1 amide bonds. The molecule has 2 aliphatic rings. The van der Waals surface area contributed by atoms with Crippen LogP contribution in [0.5, 0.6) is 5.88 Å². The maximum atomic E-state index is 12.6. The molecule has 0 radical (unpaired) electrons. The summed E-state index contributed by atoms with van der Waals surface area (Å²) in [7, 11) is 1.58. The summed E-state index contributed by atoms with van der Waals surface area (Å²) in [6.07, 6.45) is 11.5. The van der Waals surface area contributed by atoms with Gasteiger partial charge in [-0.05, 0) is 42.7 Å². The lowest BCUT2D eigenvalue weighted by atomic mass is 9.95. The lowest BCUT2D eigenvalue weighted by Crippen LogP contribution is -2.41. The van der Waals surface area contributed by atoms with Crippen LogP contribution in [0.3, 0.4) is 0 Å². The highest BCUT2D eigenvalue weighted by atomic mass is 16.5. The van der Waals surface area contributed by atoms with E-state index in [9.17, 15) is 4.79 Å². The first-order valence-corrected chi connectivity index (χ1v) is 7.15. The van der Waals surface area contributed by atoms with Crippen LogP contribution in [0.1, 0.15) is 19.4 Å². The minimum absolute atomic E-state index is 0.0815. The van der Waals surface area contributed by atoms with E-state index in [0.29, 0.717) is 11.5 Å². The second-order valence-corrected chi connectivity index (χ2v) is 5.81. The number of nitrogens with one attached hydrogen (secondary N) is 1. The predicted molar refractivity (Wildman–Crippen MR) is 85.3 cm³/mol. The molecule has 22 heavy (non-hydrogen) atoms. The summed E-state index contributed by atoms with van der Waals surface area (Å²) in [6, 6.07) is 3.70. The molecule has 0 fully saturated rings. The van der Waals surface area contributed by atoms with Crippen molar-refractivity contribution in [1.82, 2.24) is 10.3 Å². The van der Waals surface area contributed by atoms with Crippen LogP contribution in [0.4, 0.5) is 0 Å². The first-order valence-electron chi connectivity index (χ1n) is 7.15. The third kappa shape index (κ3) is 2.48. The number of hydrogen-bond donors (Lipinski definition) is 1. The van der Waals surface area contributed by atoms with E-state index in [1.807, 2.05) is 50.3 Å². The lowest BCUT2D eigenvalue weighted by Gasteiger charge is -2.27. The number of ether oxygens (including phenoxy) is 1. The van der Waals surface area contributed by atoms with Crippen LogP contribution in [0.2, 0.25) is 0 Å². The molecule has 3 rings (SSSR count). The Morgan fingerprint density at radius 1 is 1.23 bits per heavy atom. The first kappa shape index (κ1) is 14.3. The Bertz CT molecular complexity index is 735. The highest BCUT2D eigenvalue weighted by molar-refractivity contribution is 6.01. The van der Waals surface area contributed by atoms with Crippen LogP contribution in [-0.4, -0.2) is 18.0 Å². The van der Waals surface area contributed by atoms with Crippen molar-refractivity contribution in [2.45, 2.75) is 19.4 Å². The standard InChI is InChI=1S/C18H18N2O2/c1-18(2,13-8-10-16(22-3)19-11-13)20-17(21)15-9-7-12-5-4-6-14(12)15/h4-11H,1-3H3,(H,20,21). The second kappa shape index (κ2) is 5.30. The van der Waals surface area contributed by atoms with Crippen LogP contribution in [-0.2, 0) is 10.3 Å². The van der Waals surface area contributed by atoms with Gasteiger partial charge in [-0.15, -0.1) is 0 Å². The van der Waals surface area contributed by atoms with E-state index < -0.39 is 5.54 Å². The maximum Gasteiger partial charge on any atom is 0.252 e. The summed E-state index contributed by atoms with van der Waals surface area (Å²) >= 11 is 0. The average Bonchev–Trinajstić information content (AvgIpc) is 3.09. The van der Waals surface area contributed by atoms with Gasteiger partial charge in [-0.25, -0.2) is 4.98 Å². The molecule has 1 heterocycles. The quantitative estimate of drug-likeness (QED) is 0.929. The Morgan fingerprint density at radius 3 is 2.73 bits per heavy atom. The number of pyridine rings is 1. The molecule has 4 nitrogen and oxygen atoms in total. The van der Waals surface area contributed by atoms with Gasteiger partial charge in [0.1, 0.15) is 0 Å². The minimum Gasteiger partial charge on any atom is -0.481 e. The Morgan fingerprint density at radius 2 is 2.05 bits per heavy atom. The number of nitrogens with zero attached hydrogens (tertiary/aromatic N) is 1. The molecule has 0 bridgehead atoms. The van der Waals surface area contributed by atoms with Crippen LogP contribution < -0.4 is 10.1 Å². The Hall–Kier alpha value is -2.62. The Balaban J connectivity index is 1.80. The fraction of sp³-hybridized carbons (Fsp3) is 0.222. The molecule has 0 unspecified atom stereocenters. The topological polar surface area (TPSA) is 51.2 Å². The first-order chi connectivity index (χ1) is 10.5. The third-order valence-corrected chi connectivity index (χ3v) is 3.91. The second-order valence-electron chi connectivity index (χ2n) is 5.81. The number of hydrogen-bond acceptors (Lipinski definition) is 3. The molecule has 0 aromatic carbocycles. The summed E-state index contributed by atoms with van der Waals surface area (Å²) in [6.45, 7) is 3.92. The molecule has 0 saturated carbocycles. The number of carbonyl (C=O) groups excluding carboxylic acids is 1. The zero-order chi connectivity index (χ0) is 15.7. The largest absolute Gasteiger partial charge is 0.481 e. The summed E-state index contributed by atoms with van der Waals surface area (Å²) < 4.78 is 5.06. The molecule has 4 heteroatoms. The van der Waals surface area contributed by atoms with Gasteiger partial charge in [-0.3, -0.25) is 4.79 Å². The molecule has 1 aromatic heterocycles. The van der Waals surface area contributed by atoms with Crippen molar-refractivity contribution in [2.24, 2.45) is 0 Å². The van der Waals surface area contributed by atoms with E-state index >= 15 is 0 Å². The molecule has 1 N–H and O–H groups in total. The Labute approximate surface area is 129 Å². The van der Waals surface area contributed by atoms with Crippen molar-refractivity contribution >= 4 is 5.91 Å². The highest BCUT2D eigenvalue weighted by Gasteiger charge is 2.27. The van der Waals surface area contributed by atoms with Crippen LogP contribution in [0.25, 0.3) is 0 Å². The van der Waals surface area contributed by atoms with E-state index in [4.69, 9.17) is 4.74 Å². The number of aromatic nitrogens is 1. The molecule has 0 atom stereocenters. The number of carbonyl (C=O) groups is 1. The van der Waals surface area contributed by atoms with Gasteiger partial charge >= 0.3 is 0 Å². The van der Waals surface area contributed by atoms with E-state index in [1.54, 1.807) is 19.4 Å². The number of fused-ring (bicyclic) bond motifs is 1. The van der Waals surface area contributed by atoms with E-state index in [1.165, 1.54) is 0 Å². The summed E-state index contributed by atoms with van der Waals surface area (Å²) in [5, 5.41) is 3.07. The molecule has 1 aromatic rings. The molecular weight excluding hydrogens is 276 g/mol. The Kier molecular flexibility index (Phi) is 3.45. The molecule has 112 valence electrons. The van der Waals surface area contributed by atoms with Gasteiger partial charge in [0, 0.05) is 17.8 Å². The fourth-order valence-electron chi connectivity index (χ4n) is 2.58. The molecule has 2 aliphatic carbocycles.